The number of hydrogen-bond acceptors (Lipinski definition) is 5. The Labute approximate surface area is 115 Å². The Bertz CT molecular complexity index is 707. The average Bonchev–Trinajstić information content (AvgIpc) is 2.78. The summed E-state index contributed by atoms with van der Waals surface area (Å²) in [7, 11) is -1.51. The largest absolute Gasteiger partial charge is 0.299 e. The van der Waals surface area contributed by atoms with Gasteiger partial charge >= 0.3 is 0 Å². The van der Waals surface area contributed by atoms with Crippen molar-refractivity contribution in [2.75, 3.05) is 24.0 Å². The third kappa shape index (κ3) is 3.30. The van der Waals surface area contributed by atoms with Crippen molar-refractivity contribution < 1.29 is 13.2 Å². The fourth-order valence-corrected chi connectivity index (χ4v) is 3.02. The number of sulfone groups is 1. The first kappa shape index (κ1) is 14.0. The molecule has 2 aromatic rings. The lowest BCUT2D eigenvalue weighted by Gasteiger charge is -2.14. The van der Waals surface area contributed by atoms with Crippen LogP contribution in [0.15, 0.2) is 24.3 Å². The van der Waals surface area contributed by atoms with Crippen molar-refractivity contribution in [1.29, 1.82) is 0 Å². The molecule has 0 saturated heterocycles. The molecular weight excluding hydrogens is 284 g/mol. The van der Waals surface area contributed by atoms with Gasteiger partial charge in [-0.3, -0.25) is 9.69 Å². The van der Waals surface area contributed by atoms with Crippen LogP contribution >= 0.6 is 11.5 Å². The number of fused-ring (bicyclic) bond motifs is 1. The first-order valence-electron chi connectivity index (χ1n) is 5.67. The van der Waals surface area contributed by atoms with E-state index < -0.39 is 9.84 Å². The van der Waals surface area contributed by atoms with Crippen LogP contribution in [0, 0.1) is 0 Å². The van der Waals surface area contributed by atoms with Crippen molar-refractivity contribution >= 4 is 43.2 Å². The van der Waals surface area contributed by atoms with E-state index in [-0.39, 0.29) is 18.1 Å². The highest BCUT2D eigenvalue weighted by atomic mass is 32.2. The van der Waals surface area contributed by atoms with Crippen LogP contribution in [0.2, 0.25) is 0 Å². The van der Waals surface area contributed by atoms with E-state index in [4.69, 9.17) is 0 Å². The van der Waals surface area contributed by atoms with E-state index in [0.717, 1.165) is 16.3 Å². The molecule has 5 nitrogen and oxygen atoms in total. The van der Waals surface area contributed by atoms with Crippen LogP contribution in [0.25, 0.3) is 10.1 Å². The van der Waals surface area contributed by atoms with Crippen LogP contribution in [-0.4, -0.2) is 37.8 Å². The molecular formula is C12H14N2O3S2. The Morgan fingerprint density at radius 1 is 1.37 bits per heavy atom. The van der Waals surface area contributed by atoms with Gasteiger partial charge < -0.3 is 0 Å². The minimum absolute atomic E-state index is 0.0266. The molecule has 0 spiro atoms. The van der Waals surface area contributed by atoms with Crippen molar-refractivity contribution in [2.45, 2.75) is 6.42 Å². The highest BCUT2D eigenvalue weighted by Crippen LogP contribution is 2.28. The number of anilines is 1. The fraction of sp³-hybridized carbons (Fsp3) is 0.333. The first-order chi connectivity index (χ1) is 8.88. The summed E-state index contributed by atoms with van der Waals surface area (Å²) in [5, 5.41) is 0.905. The SMILES string of the molecule is CN(C(=O)CCS(C)(=O)=O)c1nsc2ccccc12. The molecule has 1 amide bonds. The van der Waals surface area contributed by atoms with Gasteiger partial charge in [0.25, 0.3) is 0 Å². The van der Waals surface area contributed by atoms with Crippen molar-refractivity contribution in [3.63, 3.8) is 0 Å². The van der Waals surface area contributed by atoms with Gasteiger partial charge in [0.05, 0.1) is 10.5 Å². The summed E-state index contributed by atoms with van der Waals surface area (Å²) in [5.74, 6) is 0.193. The predicted molar refractivity (Wildman–Crippen MR) is 77.4 cm³/mol. The number of carbonyl (C=O) groups excluding carboxylic acids is 1. The van der Waals surface area contributed by atoms with Crippen molar-refractivity contribution in [3.05, 3.63) is 24.3 Å². The lowest BCUT2D eigenvalue weighted by Crippen LogP contribution is -2.28. The van der Waals surface area contributed by atoms with Crippen LogP contribution < -0.4 is 4.90 Å². The van der Waals surface area contributed by atoms with Crippen LogP contribution in [0.5, 0.6) is 0 Å². The van der Waals surface area contributed by atoms with E-state index in [1.54, 1.807) is 7.05 Å². The summed E-state index contributed by atoms with van der Waals surface area (Å²) in [5.41, 5.74) is 0. The standard InChI is InChI=1S/C12H14N2O3S2/c1-14(11(15)7-8-19(2,16)17)12-9-5-3-4-6-10(9)18-13-12/h3-6H,7-8H2,1-2H3. The minimum atomic E-state index is -3.13. The average molecular weight is 298 g/mol. The molecule has 0 unspecified atom stereocenters. The zero-order chi connectivity index (χ0) is 14.0. The number of benzene rings is 1. The number of hydrogen-bond donors (Lipinski definition) is 0. The topological polar surface area (TPSA) is 67.3 Å². The van der Waals surface area contributed by atoms with Gasteiger partial charge in [-0.05, 0) is 23.7 Å². The summed E-state index contributed by atoms with van der Waals surface area (Å²) < 4.78 is 27.4. The molecule has 0 aliphatic rings. The molecule has 0 fully saturated rings. The van der Waals surface area contributed by atoms with Crippen molar-refractivity contribution in [2.24, 2.45) is 0 Å². The molecule has 0 radical (unpaired) electrons. The highest BCUT2D eigenvalue weighted by molar-refractivity contribution is 7.90. The summed E-state index contributed by atoms with van der Waals surface area (Å²) in [4.78, 5) is 13.4. The summed E-state index contributed by atoms with van der Waals surface area (Å²) in [6, 6.07) is 7.63. The molecule has 2 rings (SSSR count). The molecule has 19 heavy (non-hydrogen) atoms. The maximum Gasteiger partial charge on any atom is 0.228 e. The molecule has 0 atom stereocenters. The second-order valence-electron chi connectivity index (χ2n) is 4.33. The zero-order valence-corrected chi connectivity index (χ0v) is 12.3. The van der Waals surface area contributed by atoms with E-state index in [1.165, 1.54) is 16.4 Å². The van der Waals surface area contributed by atoms with E-state index >= 15 is 0 Å². The Hall–Kier alpha value is -1.47. The number of rotatable bonds is 4. The molecule has 0 aliphatic heterocycles. The Balaban J connectivity index is 2.19. The second kappa shape index (κ2) is 5.26. The van der Waals surface area contributed by atoms with Gasteiger partial charge in [-0.15, -0.1) is 0 Å². The zero-order valence-electron chi connectivity index (χ0n) is 10.7. The Morgan fingerprint density at radius 3 is 2.74 bits per heavy atom. The highest BCUT2D eigenvalue weighted by Gasteiger charge is 2.17. The van der Waals surface area contributed by atoms with Crippen LogP contribution in [0.1, 0.15) is 6.42 Å². The van der Waals surface area contributed by atoms with E-state index in [2.05, 4.69) is 4.37 Å². The maximum absolute atomic E-state index is 12.0. The molecule has 1 aromatic carbocycles. The molecule has 1 aromatic heterocycles. The third-order valence-corrected chi connectivity index (χ3v) is 4.50. The number of aromatic nitrogens is 1. The normalized spacial score (nSPS) is 11.7. The van der Waals surface area contributed by atoms with E-state index in [1.807, 2.05) is 24.3 Å². The van der Waals surface area contributed by atoms with Crippen LogP contribution in [0.3, 0.4) is 0 Å². The first-order valence-corrected chi connectivity index (χ1v) is 8.50. The fourth-order valence-electron chi connectivity index (χ4n) is 1.67. The lowest BCUT2D eigenvalue weighted by molar-refractivity contribution is -0.117. The van der Waals surface area contributed by atoms with Gasteiger partial charge in [-0.25, -0.2) is 8.42 Å². The van der Waals surface area contributed by atoms with Gasteiger partial charge in [0, 0.05) is 25.1 Å². The monoisotopic (exact) mass is 298 g/mol. The van der Waals surface area contributed by atoms with Gasteiger partial charge in [-0.1, -0.05) is 12.1 Å². The quantitative estimate of drug-likeness (QED) is 0.861. The second-order valence-corrected chi connectivity index (χ2v) is 7.40. The molecule has 0 N–H and O–H groups in total. The lowest BCUT2D eigenvalue weighted by atomic mass is 10.2. The number of carbonyl (C=O) groups is 1. The molecule has 0 saturated carbocycles. The molecule has 7 heteroatoms. The summed E-state index contributed by atoms with van der Waals surface area (Å²) in [6.45, 7) is 0. The summed E-state index contributed by atoms with van der Waals surface area (Å²) in [6.07, 6.45) is 1.10. The Morgan fingerprint density at radius 2 is 2.05 bits per heavy atom. The van der Waals surface area contributed by atoms with Crippen LogP contribution in [-0.2, 0) is 14.6 Å². The van der Waals surface area contributed by atoms with Gasteiger partial charge in [0.2, 0.25) is 5.91 Å². The number of nitrogens with zero attached hydrogens (tertiary/aromatic N) is 2. The third-order valence-electron chi connectivity index (χ3n) is 2.74. The minimum Gasteiger partial charge on any atom is -0.299 e. The molecule has 0 bridgehead atoms. The molecule has 102 valence electrons. The number of amides is 1. The maximum atomic E-state index is 12.0. The van der Waals surface area contributed by atoms with Crippen LogP contribution in [0.4, 0.5) is 5.82 Å². The Kier molecular flexibility index (Phi) is 3.86. The van der Waals surface area contributed by atoms with E-state index in [9.17, 15) is 13.2 Å². The van der Waals surface area contributed by atoms with Gasteiger partial charge in [-0.2, -0.15) is 4.37 Å². The molecule has 0 aliphatic carbocycles. The van der Waals surface area contributed by atoms with E-state index in [0.29, 0.717) is 5.82 Å². The molecule has 1 heterocycles. The van der Waals surface area contributed by atoms with Crippen molar-refractivity contribution in [3.8, 4) is 0 Å². The smallest absolute Gasteiger partial charge is 0.228 e. The van der Waals surface area contributed by atoms with Crippen molar-refractivity contribution in [1.82, 2.24) is 4.37 Å². The summed E-state index contributed by atoms with van der Waals surface area (Å²) >= 11 is 1.32. The van der Waals surface area contributed by atoms with Gasteiger partial charge in [0.1, 0.15) is 9.84 Å². The van der Waals surface area contributed by atoms with Gasteiger partial charge in [0.15, 0.2) is 5.82 Å². The predicted octanol–water partition coefficient (Wildman–Crippen LogP) is 1.69.